The molecule has 0 aliphatic heterocycles. The third-order valence-electron chi connectivity index (χ3n) is 2.05. The highest BCUT2D eigenvalue weighted by atomic mass is 79.9. The van der Waals surface area contributed by atoms with Crippen molar-refractivity contribution in [2.75, 3.05) is 7.11 Å². The molecule has 0 fully saturated rings. The van der Waals surface area contributed by atoms with Gasteiger partial charge in [0.05, 0.1) is 11.6 Å². The Bertz CT molecular complexity index is 381. The molecule has 0 saturated heterocycles. The minimum Gasteiger partial charge on any atom is -0.465 e. The molecule has 0 spiro atoms. The Balaban J connectivity index is 2.94. The van der Waals surface area contributed by atoms with Crippen LogP contribution in [0.3, 0.4) is 0 Å². The summed E-state index contributed by atoms with van der Waals surface area (Å²) >= 11 is 6.61. The van der Waals surface area contributed by atoms with Crippen LogP contribution in [0.4, 0.5) is 0 Å². The molecule has 1 atom stereocenters. The van der Waals surface area contributed by atoms with Crippen molar-refractivity contribution in [3.05, 3.63) is 28.7 Å². The molecule has 0 saturated carbocycles. The second-order valence-electron chi connectivity index (χ2n) is 3.11. The fourth-order valence-electron chi connectivity index (χ4n) is 1.11. The summed E-state index contributed by atoms with van der Waals surface area (Å²) in [5.41, 5.74) is 0. The molecule has 16 heavy (non-hydrogen) atoms. The molecule has 0 radical (unpaired) electrons. The molecule has 0 amide bonds. The lowest BCUT2D eigenvalue weighted by Gasteiger charge is -2.25. The van der Waals surface area contributed by atoms with Gasteiger partial charge in [0.15, 0.2) is 0 Å². The van der Waals surface area contributed by atoms with Crippen LogP contribution >= 0.6 is 31.9 Å². The maximum absolute atomic E-state index is 11.6. The van der Waals surface area contributed by atoms with Gasteiger partial charge in [-0.3, -0.25) is 0 Å². The van der Waals surface area contributed by atoms with Crippen molar-refractivity contribution in [2.45, 2.75) is 17.9 Å². The van der Waals surface area contributed by atoms with E-state index in [9.17, 15) is 4.79 Å². The van der Waals surface area contributed by atoms with E-state index in [1.165, 1.54) is 7.11 Å². The summed E-state index contributed by atoms with van der Waals surface area (Å²) in [4.78, 5) is 11.6. The highest BCUT2D eigenvalue weighted by Crippen LogP contribution is 2.33. The molecule has 88 valence electrons. The van der Waals surface area contributed by atoms with E-state index in [1.807, 2.05) is 25.1 Å². The van der Waals surface area contributed by atoms with Gasteiger partial charge < -0.3 is 9.47 Å². The van der Waals surface area contributed by atoms with Crippen molar-refractivity contribution >= 4 is 37.8 Å². The molecule has 0 aliphatic rings. The molecule has 0 bridgehead atoms. The van der Waals surface area contributed by atoms with Gasteiger partial charge in [-0.25, -0.2) is 4.79 Å². The average molecular weight is 352 g/mol. The second kappa shape index (κ2) is 5.68. The lowest BCUT2D eigenvalue weighted by Crippen LogP contribution is -2.38. The maximum Gasteiger partial charge on any atom is 0.361 e. The summed E-state index contributed by atoms with van der Waals surface area (Å²) in [7, 11) is 1.33. The number of carbonyl (C=O) groups is 1. The van der Waals surface area contributed by atoms with Crippen molar-refractivity contribution in [3.8, 4) is 5.75 Å². The van der Waals surface area contributed by atoms with Crippen LogP contribution in [0.15, 0.2) is 28.7 Å². The summed E-state index contributed by atoms with van der Waals surface area (Å²) < 4.78 is 9.98. The first-order valence-corrected chi connectivity index (χ1v) is 6.33. The predicted octanol–water partition coefficient (Wildman–Crippen LogP) is 3.50. The zero-order chi connectivity index (χ0) is 12.2. The van der Waals surface area contributed by atoms with Crippen LogP contribution < -0.4 is 4.74 Å². The quantitative estimate of drug-likeness (QED) is 0.615. The molecular weight excluding hydrogens is 340 g/mol. The fraction of sp³-hybridized carbons (Fsp3) is 0.364. The van der Waals surface area contributed by atoms with E-state index < -0.39 is 10.5 Å². The van der Waals surface area contributed by atoms with Crippen LogP contribution in [0, 0.1) is 0 Å². The lowest BCUT2D eigenvalue weighted by atomic mass is 10.2. The molecule has 1 unspecified atom stereocenters. The minimum atomic E-state index is -1.13. The number of halogens is 2. The van der Waals surface area contributed by atoms with Gasteiger partial charge in [0.1, 0.15) is 5.75 Å². The van der Waals surface area contributed by atoms with E-state index in [-0.39, 0.29) is 0 Å². The van der Waals surface area contributed by atoms with Gasteiger partial charge in [-0.1, -0.05) is 19.1 Å². The highest BCUT2D eigenvalue weighted by Gasteiger charge is 2.37. The molecule has 0 aromatic heterocycles. The number of hydrogen-bond acceptors (Lipinski definition) is 3. The monoisotopic (exact) mass is 350 g/mol. The molecule has 1 rings (SSSR count). The number of carbonyl (C=O) groups excluding carboxylic acids is 1. The Hall–Kier alpha value is -0.550. The molecule has 5 heteroatoms. The summed E-state index contributed by atoms with van der Waals surface area (Å²) in [6.45, 7) is 1.84. The third-order valence-corrected chi connectivity index (χ3v) is 3.75. The maximum atomic E-state index is 11.6. The first kappa shape index (κ1) is 13.5. The zero-order valence-corrected chi connectivity index (χ0v) is 12.2. The van der Waals surface area contributed by atoms with Gasteiger partial charge in [-0.2, -0.15) is 0 Å². The average Bonchev–Trinajstić information content (AvgIpc) is 2.31. The predicted molar refractivity (Wildman–Crippen MR) is 68.7 cm³/mol. The number of ether oxygens (including phenoxy) is 2. The van der Waals surface area contributed by atoms with Crippen LogP contribution in [0.1, 0.15) is 13.3 Å². The van der Waals surface area contributed by atoms with Crippen molar-refractivity contribution < 1.29 is 14.3 Å². The number of alkyl halides is 1. The number of esters is 1. The summed E-state index contributed by atoms with van der Waals surface area (Å²) in [6.07, 6.45) is 0.459. The largest absolute Gasteiger partial charge is 0.465 e. The van der Waals surface area contributed by atoms with Crippen LogP contribution in [-0.4, -0.2) is 17.6 Å². The Kier molecular flexibility index (Phi) is 4.80. The van der Waals surface area contributed by atoms with Crippen molar-refractivity contribution in [2.24, 2.45) is 0 Å². The van der Waals surface area contributed by atoms with E-state index >= 15 is 0 Å². The van der Waals surface area contributed by atoms with Crippen LogP contribution in [-0.2, 0) is 9.53 Å². The van der Waals surface area contributed by atoms with Crippen molar-refractivity contribution in [1.82, 2.24) is 0 Å². The number of benzene rings is 1. The van der Waals surface area contributed by atoms with E-state index in [0.29, 0.717) is 12.2 Å². The van der Waals surface area contributed by atoms with E-state index in [0.717, 1.165) is 4.47 Å². The molecule has 0 N–H and O–H groups in total. The van der Waals surface area contributed by atoms with Gasteiger partial charge in [-0.05, 0) is 44.0 Å². The van der Waals surface area contributed by atoms with Gasteiger partial charge in [0, 0.05) is 6.42 Å². The van der Waals surface area contributed by atoms with Gasteiger partial charge in [0.2, 0.25) is 0 Å². The van der Waals surface area contributed by atoms with Gasteiger partial charge >= 0.3 is 5.97 Å². The van der Waals surface area contributed by atoms with Gasteiger partial charge in [0.25, 0.3) is 4.51 Å². The Morgan fingerprint density at radius 1 is 1.44 bits per heavy atom. The molecule has 0 heterocycles. The summed E-state index contributed by atoms with van der Waals surface area (Å²) in [5.74, 6) is 0.136. The minimum absolute atomic E-state index is 0.453. The second-order valence-corrected chi connectivity index (χ2v) is 5.24. The Morgan fingerprint density at radius 2 is 2.06 bits per heavy atom. The molecule has 1 aromatic carbocycles. The number of methoxy groups -OCH3 is 1. The summed E-state index contributed by atoms with van der Waals surface area (Å²) in [6, 6.07) is 7.33. The molecule has 3 nitrogen and oxygen atoms in total. The van der Waals surface area contributed by atoms with E-state index in [2.05, 4.69) is 31.9 Å². The standard InChI is InChI=1S/C11H12Br2O3/c1-3-11(13,10(14)15-2)16-9-7-5-4-6-8(9)12/h4-7H,3H2,1-2H3. The molecule has 1 aromatic rings. The smallest absolute Gasteiger partial charge is 0.361 e. The Labute approximate surface area is 111 Å². The zero-order valence-electron chi connectivity index (χ0n) is 9.00. The highest BCUT2D eigenvalue weighted by molar-refractivity contribution is 9.10. The molecule has 0 aliphatic carbocycles. The van der Waals surface area contributed by atoms with Crippen LogP contribution in [0.25, 0.3) is 0 Å². The van der Waals surface area contributed by atoms with Crippen molar-refractivity contribution in [1.29, 1.82) is 0 Å². The lowest BCUT2D eigenvalue weighted by molar-refractivity contribution is -0.151. The van der Waals surface area contributed by atoms with Crippen LogP contribution in [0.2, 0.25) is 0 Å². The van der Waals surface area contributed by atoms with Crippen LogP contribution in [0.5, 0.6) is 5.75 Å². The van der Waals surface area contributed by atoms with Gasteiger partial charge in [-0.15, -0.1) is 0 Å². The number of rotatable bonds is 4. The topological polar surface area (TPSA) is 35.5 Å². The fourth-order valence-corrected chi connectivity index (χ4v) is 1.81. The number of hydrogen-bond donors (Lipinski definition) is 0. The molecular formula is C11H12Br2O3. The Morgan fingerprint density at radius 3 is 2.56 bits per heavy atom. The summed E-state index contributed by atoms with van der Waals surface area (Å²) in [5, 5.41) is 0. The van der Waals surface area contributed by atoms with Crippen molar-refractivity contribution in [3.63, 3.8) is 0 Å². The van der Waals surface area contributed by atoms with E-state index in [4.69, 9.17) is 9.47 Å². The third kappa shape index (κ3) is 2.98. The van der Waals surface area contributed by atoms with E-state index in [1.54, 1.807) is 6.07 Å². The normalized spacial score (nSPS) is 14.0. The first-order chi connectivity index (χ1) is 7.53. The number of para-hydroxylation sites is 1. The SMILES string of the molecule is CCC(Br)(Oc1ccccc1Br)C(=O)OC. The first-order valence-electron chi connectivity index (χ1n) is 4.74.